The van der Waals surface area contributed by atoms with E-state index in [4.69, 9.17) is 16.3 Å². The monoisotopic (exact) mass is 325 g/mol. The van der Waals surface area contributed by atoms with Crippen LogP contribution in [-0.4, -0.2) is 11.9 Å². The molecular weight excluding hydrogens is 310 g/mol. The van der Waals surface area contributed by atoms with Crippen LogP contribution >= 0.6 is 11.6 Å². The van der Waals surface area contributed by atoms with Gasteiger partial charge in [-0.1, -0.05) is 59.6 Å². The first kappa shape index (κ1) is 15.5. The van der Waals surface area contributed by atoms with E-state index in [-0.39, 0.29) is 5.70 Å². The molecule has 0 unspecified atom stereocenters. The molecule has 116 valence electrons. The van der Waals surface area contributed by atoms with E-state index < -0.39 is 5.97 Å². The molecule has 1 aliphatic rings. The maximum absolute atomic E-state index is 11.9. The van der Waals surface area contributed by atoms with Crippen LogP contribution in [0.1, 0.15) is 23.1 Å². The van der Waals surface area contributed by atoms with Gasteiger partial charge in [0.1, 0.15) is 0 Å². The Balaban J connectivity index is 1.73. The van der Waals surface area contributed by atoms with Crippen molar-refractivity contribution in [2.24, 2.45) is 4.99 Å². The zero-order valence-corrected chi connectivity index (χ0v) is 13.5. The van der Waals surface area contributed by atoms with Gasteiger partial charge in [-0.05, 0) is 36.6 Å². The van der Waals surface area contributed by atoms with Crippen molar-refractivity contribution in [3.8, 4) is 0 Å². The predicted octanol–water partition coefficient (Wildman–Crippen LogP) is 4.58. The summed E-state index contributed by atoms with van der Waals surface area (Å²) in [5.74, 6) is 0.0268. The quantitative estimate of drug-likeness (QED) is 0.609. The van der Waals surface area contributed by atoms with Gasteiger partial charge in [0.05, 0.1) is 0 Å². The van der Waals surface area contributed by atoms with E-state index in [0.717, 1.165) is 12.0 Å². The molecule has 23 heavy (non-hydrogen) atoms. The van der Waals surface area contributed by atoms with Crippen molar-refractivity contribution in [1.82, 2.24) is 0 Å². The zero-order chi connectivity index (χ0) is 16.2. The van der Waals surface area contributed by atoms with Gasteiger partial charge in [-0.3, -0.25) is 0 Å². The average Bonchev–Trinajstić information content (AvgIpc) is 2.88. The molecule has 0 spiro atoms. The highest BCUT2D eigenvalue weighted by Crippen LogP contribution is 2.22. The molecule has 0 N–H and O–H groups in total. The lowest BCUT2D eigenvalue weighted by Crippen LogP contribution is -2.05. The Morgan fingerprint density at radius 1 is 1.13 bits per heavy atom. The highest BCUT2D eigenvalue weighted by molar-refractivity contribution is 6.32. The molecule has 1 heterocycles. The highest BCUT2D eigenvalue weighted by atomic mass is 35.5. The third-order valence-electron chi connectivity index (χ3n) is 3.57. The smallest absolute Gasteiger partial charge is 0.363 e. The summed E-state index contributed by atoms with van der Waals surface area (Å²) in [7, 11) is 0. The summed E-state index contributed by atoms with van der Waals surface area (Å²) in [5.41, 5.74) is 3.46. The Morgan fingerprint density at radius 3 is 2.74 bits per heavy atom. The summed E-state index contributed by atoms with van der Waals surface area (Å²) in [6, 6.07) is 15.6. The van der Waals surface area contributed by atoms with Gasteiger partial charge in [-0.25, -0.2) is 9.79 Å². The van der Waals surface area contributed by atoms with Crippen molar-refractivity contribution in [3.63, 3.8) is 0 Å². The summed E-state index contributed by atoms with van der Waals surface area (Å²) >= 11 is 6.10. The van der Waals surface area contributed by atoms with Gasteiger partial charge in [0.25, 0.3) is 0 Å². The fourth-order valence-corrected chi connectivity index (χ4v) is 2.61. The van der Waals surface area contributed by atoms with Crippen molar-refractivity contribution in [2.75, 3.05) is 0 Å². The second kappa shape index (κ2) is 6.80. The number of nitrogens with zero attached hydrogens (tertiary/aromatic N) is 1. The van der Waals surface area contributed by atoms with E-state index in [1.54, 1.807) is 12.1 Å². The topological polar surface area (TPSA) is 38.7 Å². The minimum Gasteiger partial charge on any atom is -0.407 e. The molecule has 2 aromatic carbocycles. The van der Waals surface area contributed by atoms with Gasteiger partial charge < -0.3 is 4.74 Å². The van der Waals surface area contributed by atoms with E-state index in [2.05, 4.69) is 30.1 Å². The van der Waals surface area contributed by atoms with Crippen LogP contribution in [0.3, 0.4) is 0 Å². The van der Waals surface area contributed by atoms with E-state index >= 15 is 0 Å². The van der Waals surface area contributed by atoms with Crippen LogP contribution in [0.2, 0.25) is 5.02 Å². The number of hydrogen-bond acceptors (Lipinski definition) is 3. The van der Waals surface area contributed by atoms with Gasteiger partial charge in [-0.2, -0.15) is 0 Å². The molecule has 0 aromatic heterocycles. The number of carbonyl (C=O) groups excluding carboxylic acids is 1. The maximum Gasteiger partial charge on any atom is 0.363 e. The molecule has 3 rings (SSSR count). The fourth-order valence-electron chi connectivity index (χ4n) is 2.42. The third kappa shape index (κ3) is 3.88. The van der Waals surface area contributed by atoms with E-state index in [1.807, 2.05) is 24.3 Å². The lowest BCUT2D eigenvalue weighted by molar-refractivity contribution is -0.130. The summed E-state index contributed by atoms with van der Waals surface area (Å²) < 4.78 is 5.24. The molecule has 0 saturated heterocycles. The lowest BCUT2D eigenvalue weighted by Gasteiger charge is -2.01. The van der Waals surface area contributed by atoms with Crippen molar-refractivity contribution >= 4 is 29.5 Å². The van der Waals surface area contributed by atoms with Crippen LogP contribution in [0.4, 0.5) is 0 Å². The number of rotatable bonds is 4. The Bertz CT molecular complexity index is 809. The Labute approximate surface area is 140 Å². The normalized spacial score (nSPS) is 15.7. The number of ether oxygens (including phenoxy) is 1. The number of benzene rings is 2. The number of aliphatic imine (C=N–C) groups is 1. The molecule has 0 bridgehead atoms. The van der Waals surface area contributed by atoms with Crippen LogP contribution in [0.5, 0.6) is 0 Å². The minimum absolute atomic E-state index is 0.289. The van der Waals surface area contributed by atoms with Gasteiger partial charge in [0.2, 0.25) is 0 Å². The second-order valence-electron chi connectivity index (χ2n) is 5.44. The predicted molar refractivity (Wildman–Crippen MR) is 92.5 cm³/mol. The Hall–Kier alpha value is -2.39. The zero-order valence-electron chi connectivity index (χ0n) is 12.8. The fraction of sp³-hybridized carbons (Fsp3) is 0.158. The van der Waals surface area contributed by atoms with Crippen LogP contribution in [-0.2, 0) is 16.0 Å². The van der Waals surface area contributed by atoms with E-state index in [0.29, 0.717) is 17.3 Å². The average molecular weight is 326 g/mol. The van der Waals surface area contributed by atoms with Crippen molar-refractivity contribution < 1.29 is 9.53 Å². The largest absolute Gasteiger partial charge is 0.407 e. The summed E-state index contributed by atoms with van der Waals surface area (Å²) in [5, 5.41) is 0.580. The lowest BCUT2D eigenvalue weighted by atomic mass is 10.1. The first-order valence-corrected chi connectivity index (χ1v) is 7.81. The van der Waals surface area contributed by atoms with E-state index in [1.165, 1.54) is 11.1 Å². The summed E-state index contributed by atoms with van der Waals surface area (Å²) in [6.07, 6.45) is 3.03. The van der Waals surface area contributed by atoms with Gasteiger partial charge in [0, 0.05) is 11.4 Å². The van der Waals surface area contributed by atoms with Crippen LogP contribution < -0.4 is 0 Å². The number of cyclic esters (lactones) is 1. The first-order valence-electron chi connectivity index (χ1n) is 7.43. The van der Waals surface area contributed by atoms with Crippen molar-refractivity contribution in [1.29, 1.82) is 0 Å². The summed E-state index contributed by atoms with van der Waals surface area (Å²) in [6.45, 7) is 2.06. The van der Waals surface area contributed by atoms with Crippen LogP contribution in [0, 0.1) is 6.92 Å². The molecular formula is C19H16ClNO2. The molecule has 0 aliphatic carbocycles. The number of aryl methyl sites for hydroxylation is 2. The molecule has 0 fully saturated rings. The molecule has 4 heteroatoms. The first-order chi connectivity index (χ1) is 11.1. The number of hydrogen-bond donors (Lipinski definition) is 0. The van der Waals surface area contributed by atoms with Gasteiger partial charge >= 0.3 is 5.97 Å². The molecule has 3 nitrogen and oxygen atoms in total. The number of esters is 1. The van der Waals surface area contributed by atoms with Crippen LogP contribution in [0.25, 0.3) is 6.08 Å². The molecule has 2 aromatic rings. The van der Waals surface area contributed by atoms with Gasteiger partial charge in [0.15, 0.2) is 11.6 Å². The molecule has 0 radical (unpaired) electrons. The SMILES string of the molecule is Cc1cccc(CCC2=N/C(=C\c3ccccc3Cl)C(=O)O2)c1. The number of carbonyl (C=O) groups is 1. The third-order valence-corrected chi connectivity index (χ3v) is 3.92. The molecule has 0 atom stereocenters. The van der Waals surface area contributed by atoms with Crippen molar-refractivity contribution in [2.45, 2.75) is 19.8 Å². The van der Waals surface area contributed by atoms with Crippen molar-refractivity contribution in [3.05, 3.63) is 75.9 Å². The molecule has 1 aliphatic heterocycles. The second-order valence-corrected chi connectivity index (χ2v) is 5.84. The van der Waals surface area contributed by atoms with Crippen LogP contribution in [0.15, 0.2) is 59.2 Å². The highest BCUT2D eigenvalue weighted by Gasteiger charge is 2.22. The minimum atomic E-state index is -0.427. The standard InChI is InChI=1S/C19H16ClNO2/c1-13-5-4-6-14(11-13)9-10-18-21-17(19(22)23-18)12-15-7-2-3-8-16(15)20/h2-8,11-12H,9-10H2,1H3/b17-12-. The maximum atomic E-state index is 11.9. The Morgan fingerprint density at radius 2 is 1.96 bits per heavy atom. The molecule has 0 amide bonds. The Kier molecular flexibility index (Phi) is 4.58. The summed E-state index contributed by atoms with van der Waals surface area (Å²) in [4.78, 5) is 16.2. The number of halogens is 1. The van der Waals surface area contributed by atoms with E-state index in [9.17, 15) is 4.79 Å². The van der Waals surface area contributed by atoms with Gasteiger partial charge in [-0.15, -0.1) is 0 Å². The molecule has 0 saturated carbocycles.